The van der Waals surface area contributed by atoms with Crippen LogP contribution in [-0.4, -0.2) is 15.0 Å². The third kappa shape index (κ3) is 3.31. The third-order valence-electron chi connectivity index (χ3n) is 2.77. The van der Waals surface area contributed by atoms with Crippen LogP contribution in [0.4, 0.5) is 11.5 Å². The van der Waals surface area contributed by atoms with E-state index in [1.54, 1.807) is 6.07 Å². The van der Waals surface area contributed by atoms with Crippen LogP contribution in [0.5, 0.6) is 0 Å². The van der Waals surface area contributed by atoms with E-state index in [2.05, 4.69) is 26.2 Å². The van der Waals surface area contributed by atoms with Crippen molar-refractivity contribution in [3.05, 3.63) is 62.2 Å². The molecule has 0 fully saturated rings. The molecule has 0 saturated carbocycles. The first-order valence-corrected chi connectivity index (χ1v) is 6.62. The maximum absolute atomic E-state index is 11.0. The number of rotatable bonds is 5. The molecule has 1 aromatic heterocycles. The van der Waals surface area contributed by atoms with Gasteiger partial charge in [-0.15, -0.1) is 0 Å². The summed E-state index contributed by atoms with van der Waals surface area (Å²) in [7, 11) is 0. The van der Waals surface area contributed by atoms with E-state index in [-0.39, 0.29) is 18.1 Å². The normalized spacial score (nSPS) is 10.3. The molecular weight excluding hydrogens is 326 g/mol. The lowest BCUT2D eigenvalue weighted by Crippen LogP contribution is -2.06. The van der Waals surface area contributed by atoms with Crippen molar-refractivity contribution >= 4 is 27.4 Å². The number of anilines is 1. The maximum Gasteiger partial charge on any atom is 0.312 e. The standard InChI is InChI=1S/C13H12BrN3O3/c14-11-5-12(17(19)20)13(16-7-11)15-6-9-3-1-2-4-10(9)8-18/h1-5,7,18H,6,8H2,(H,15,16). The molecule has 1 heterocycles. The molecule has 0 aliphatic carbocycles. The number of nitrogens with zero attached hydrogens (tertiary/aromatic N) is 2. The number of nitrogens with one attached hydrogen (secondary N) is 1. The Morgan fingerprint density at radius 2 is 2.05 bits per heavy atom. The summed E-state index contributed by atoms with van der Waals surface area (Å²) in [6, 6.07) is 8.73. The number of halogens is 1. The minimum Gasteiger partial charge on any atom is -0.392 e. The number of nitro groups is 1. The van der Waals surface area contributed by atoms with Gasteiger partial charge in [-0.05, 0) is 27.1 Å². The van der Waals surface area contributed by atoms with Crippen molar-refractivity contribution in [3.63, 3.8) is 0 Å². The number of aliphatic hydroxyl groups is 1. The predicted octanol–water partition coefficient (Wildman–Crippen LogP) is 2.86. The Kier molecular flexibility index (Phi) is 4.65. The fourth-order valence-corrected chi connectivity index (χ4v) is 2.09. The number of pyridine rings is 1. The van der Waals surface area contributed by atoms with Crippen LogP contribution in [0, 0.1) is 10.1 Å². The summed E-state index contributed by atoms with van der Waals surface area (Å²) in [5.41, 5.74) is 1.55. The zero-order valence-electron chi connectivity index (χ0n) is 10.4. The molecule has 7 heteroatoms. The smallest absolute Gasteiger partial charge is 0.312 e. The lowest BCUT2D eigenvalue weighted by atomic mass is 10.1. The second kappa shape index (κ2) is 6.44. The van der Waals surface area contributed by atoms with Gasteiger partial charge in [-0.2, -0.15) is 0 Å². The van der Waals surface area contributed by atoms with E-state index in [9.17, 15) is 15.2 Å². The van der Waals surface area contributed by atoms with Crippen LogP contribution >= 0.6 is 15.9 Å². The average Bonchev–Trinajstić information content (AvgIpc) is 2.46. The van der Waals surface area contributed by atoms with Crippen molar-refractivity contribution < 1.29 is 10.0 Å². The molecule has 0 amide bonds. The van der Waals surface area contributed by atoms with Crippen LogP contribution in [0.15, 0.2) is 41.0 Å². The Bertz CT molecular complexity index is 634. The molecule has 0 unspecified atom stereocenters. The highest BCUT2D eigenvalue weighted by Gasteiger charge is 2.15. The van der Waals surface area contributed by atoms with Gasteiger partial charge in [0, 0.05) is 23.3 Å². The van der Waals surface area contributed by atoms with Crippen LogP contribution in [0.2, 0.25) is 0 Å². The quantitative estimate of drug-likeness (QED) is 0.646. The number of hydrogen-bond acceptors (Lipinski definition) is 5. The summed E-state index contributed by atoms with van der Waals surface area (Å²) in [6.45, 7) is 0.278. The monoisotopic (exact) mass is 337 g/mol. The van der Waals surface area contributed by atoms with E-state index >= 15 is 0 Å². The van der Waals surface area contributed by atoms with Gasteiger partial charge in [0.1, 0.15) is 0 Å². The Hall–Kier alpha value is -1.99. The van der Waals surface area contributed by atoms with E-state index in [0.717, 1.165) is 11.1 Å². The van der Waals surface area contributed by atoms with Crippen molar-refractivity contribution in [1.82, 2.24) is 4.98 Å². The Morgan fingerprint density at radius 1 is 1.35 bits per heavy atom. The molecule has 0 radical (unpaired) electrons. The zero-order chi connectivity index (χ0) is 14.5. The molecule has 2 rings (SSSR count). The van der Waals surface area contributed by atoms with Crippen LogP contribution < -0.4 is 5.32 Å². The molecule has 0 bridgehead atoms. The van der Waals surface area contributed by atoms with Gasteiger partial charge in [0.15, 0.2) is 0 Å². The summed E-state index contributed by atoms with van der Waals surface area (Å²) < 4.78 is 0.547. The zero-order valence-corrected chi connectivity index (χ0v) is 12.0. The Morgan fingerprint density at radius 3 is 2.70 bits per heavy atom. The SMILES string of the molecule is O=[N+]([O-])c1cc(Br)cnc1NCc1ccccc1CO. The van der Waals surface area contributed by atoms with Gasteiger partial charge in [0.05, 0.1) is 11.5 Å². The van der Waals surface area contributed by atoms with Crippen molar-refractivity contribution in [2.75, 3.05) is 5.32 Å². The van der Waals surface area contributed by atoms with Crippen LogP contribution in [-0.2, 0) is 13.2 Å². The predicted molar refractivity (Wildman–Crippen MR) is 78.3 cm³/mol. The molecule has 0 spiro atoms. The number of hydrogen-bond donors (Lipinski definition) is 2. The number of benzene rings is 1. The van der Waals surface area contributed by atoms with Crippen molar-refractivity contribution in [3.8, 4) is 0 Å². The summed E-state index contributed by atoms with van der Waals surface area (Å²) in [4.78, 5) is 14.5. The van der Waals surface area contributed by atoms with Gasteiger partial charge in [0.25, 0.3) is 0 Å². The van der Waals surface area contributed by atoms with E-state index in [4.69, 9.17) is 0 Å². The van der Waals surface area contributed by atoms with E-state index in [1.165, 1.54) is 12.3 Å². The van der Waals surface area contributed by atoms with Gasteiger partial charge in [-0.25, -0.2) is 4.98 Å². The van der Waals surface area contributed by atoms with Gasteiger partial charge in [-0.3, -0.25) is 10.1 Å². The van der Waals surface area contributed by atoms with Gasteiger partial charge in [0.2, 0.25) is 5.82 Å². The summed E-state index contributed by atoms with van der Waals surface area (Å²) in [5.74, 6) is 0.200. The van der Waals surface area contributed by atoms with Crippen LogP contribution in [0.3, 0.4) is 0 Å². The maximum atomic E-state index is 11.0. The molecular formula is C13H12BrN3O3. The molecule has 6 nitrogen and oxygen atoms in total. The van der Waals surface area contributed by atoms with E-state index in [0.29, 0.717) is 11.0 Å². The van der Waals surface area contributed by atoms with Gasteiger partial charge >= 0.3 is 5.69 Å². The fraction of sp³-hybridized carbons (Fsp3) is 0.154. The van der Waals surface area contributed by atoms with Crippen molar-refractivity contribution in [1.29, 1.82) is 0 Å². The second-order valence-corrected chi connectivity index (χ2v) is 4.97. The highest BCUT2D eigenvalue weighted by molar-refractivity contribution is 9.10. The highest BCUT2D eigenvalue weighted by atomic mass is 79.9. The summed E-state index contributed by atoms with van der Waals surface area (Å²) in [6.07, 6.45) is 1.49. The van der Waals surface area contributed by atoms with E-state index in [1.807, 2.05) is 18.2 Å². The lowest BCUT2D eigenvalue weighted by molar-refractivity contribution is -0.384. The number of aliphatic hydroxyl groups excluding tert-OH is 1. The molecule has 2 N–H and O–H groups in total. The van der Waals surface area contributed by atoms with Crippen molar-refractivity contribution in [2.45, 2.75) is 13.2 Å². The Balaban J connectivity index is 2.21. The topological polar surface area (TPSA) is 88.3 Å². The van der Waals surface area contributed by atoms with Gasteiger partial charge in [-0.1, -0.05) is 24.3 Å². The molecule has 2 aromatic rings. The first-order chi connectivity index (χ1) is 9.61. The highest BCUT2D eigenvalue weighted by Crippen LogP contribution is 2.25. The number of aromatic nitrogens is 1. The van der Waals surface area contributed by atoms with Gasteiger partial charge < -0.3 is 10.4 Å². The largest absolute Gasteiger partial charge is 0.392 e. The summed E-state index contributed by atoms with van der Waals surface area (Å²) in [5, 5.41) is 23.1. The fourth-order valence-electron chi connectivity index (χ4n) is 1.77. The molecule has 104 valence electrons. The first-order valence-electron chi connectivity index (χ1n) is 5.83. The molecule has 1 aromatic carbocycles. The lowest BCUT2D eigenvalue weighted by Gasteiger charge is -2.09. The second-order valence-electron chi connectivity index (χ2n) is 4.06. The van der Waals surface area contributed by atoms with Crippen LogP contribution in [0.1, 0.15) is 11.1 Å². The molecule has 20 heavy (non-hydrogen) atoms. The Labute approximate surface area is 123 Å². The first kappa shape index (κ1) is 14.4. The molecule has 0 atom stereocenters. The minimum absolute atomic E-state index is 0.0757. The molecule has 0 saturated heterocycles. The average molecular weight is 338 g/mol. The summed E-state index contributed by atoms with van der Waals surface area (Å²) >= 11 is 3.16. The third-order valence-corrected chi connectivity index (χ3v) is 3.20. The molecule has 0 aliphatic heterocycles. The minimum atomic E-state index is -0.488. The van der Waals surface area contributed by atoms with E-state index < -0.39 is 4.92 Å². The van der Waals surface area contributed by atoms with Crippen molar-refractivity contribution in [2.24, 2.45) is 0 Å². The molecule has 0 aliphatic rings. The van der Waals surface area contributed by atoms with Crippen LogP contribution in [0.25, 0.3) is 0 Å².